The molecule has 0 bridgehead atoms. The maximum Gasteiger partial charge on any atom is 0.0492 e. The molecule has 0 aromatic carbocycles. The summed E-state index contributed by atoms with van der Waals surface area (Å²) in [6, 6.07) is 0. The maximum atomic E-state index is 9.28. The van der Waals surface area contributed by atoms with Gasteiger partial charge in [-0.05, 0) is 30.6 Å². The normalized spacial score (nSPS) is 31.3. The molecule has 1 atom stereocenters. The number of rotatable bonds is 2. The molecule has 0 fully saturated rings. The molecule has 0 amide bonds. The van der Waals surface area contributed by atoms with Crippen molar-refractivity contribution in [2.24, 2.45) is 11.3 Å². The van der Waals surface area contributed by atoms with Crippen LogP contribution in [0.1, 0.15) is 33.1 Å². The highest BCUT2D eigenvalue weighted by molar-refractivity contribution is 4.98. The van der Waals surface area contributed by atoms with Crippen molar-refractivity contribution < 1.29 is 5.11 Å². The van der Waals surface area contributed by atoms with Crippen LogP contribution in [0.25, 0.3) is 0 Å². The van der Waals surface area contributed by atoms with Crippen LogP contribution in [-0.4, -0.2) is 11.7 Å². The third-order valence-electron chi connectivity index (χ3n) is 3.04. The first-order valence-electron chi connectivity index (χ1n) is 4.47. The second-order valence-corrected chi connectivity index (χ2v) is 3.89. The summed E-state index contributed by atoms with van der Waals surface area (Å²) in [5.74, 6) is 0.595. The van der Waals surface area contributed by atoms with E-state index in [1.165, 1.54) is 0 Å². The SMILES string of the molecule is CC(C)C1(CO)CC=CCC1. The predicted octanol–water partition coefficient (Wildman–Crippen LogP) is 2.36. The van der Waals surface area contributed by atoms with Crippen molar-refractivity contribution >= 4 is 0 Å². The van der Waals surface area contributed by atoms with E-state index in [-0.39, 0.29) is 5.41 Å². The zero-order valence-electron chi connectivity index (χ0n) is 7.51. The first kappa shape index (κ1) is 8.79. The molecule has 11 heavy (non-hydrogen) atoms. The molecule has 1 heteroatoms. The average Bonchev–Trinajstić information content (AvgIpc) is 2.05. The summed E-state index contributed by atoms with van der Waals surface area (Å²) in [6.07, 6.45) is 7.77. The fourth-order valence-electron chi connectivity index (χ4n) is 1.76. The van der Waals surface area contributed by atoms with Gasteiger partial charge in [0.25, 0.3) is 0 Å². The van der Waals surface area contributed by atoms with Gasteiger partial charge in [-0.1, -0.05) is 26.0 Å². The van der Waals surface area contributed by atoms with Crippen molar-refractivity contribution in [1.29, 1.82) is 0 Å². The topological polar surface area (TPSA) is 20.2 Å². The van der Waals surface area contributed by atoms with Gasteiger partial charge in [-0.25, -0.2) is 0 Å². The highest BCUT2D eigenvalue weighted by Crippen LogP contribution is 2.38. The van der Waals surface area contributed by atoms with Gasteiger partial charge < -0.3 is 5.11 Å². The zero-order chi connectivity index (χ0) is 8.32. The van der Waals surface area contributed by atoms with Gasteiger partial charge in [0.2, 0.25) is 0 Å². The van der Waals surface area contributed by atoms with Crippen LogP contribution in [0.5, 0.6) is 0 Å². The molecule has 1 N–H and O–H groups in total. The Morgan fingerprint density at radius 3 is 2.45 bits per heavy atom. The Kier molecular flexibility index (Phi) is 2.72. The van der Waals surface area contributed by atoms with Crippen molar-refractivity contribution in [3.05, 3.63) is 12.2 Å². The summed E-state index contributed by atoms with van der Waals surface area (Å²) in [5, 5.41) is 9.28. The van der Waals surface area contributed by atoms with Crippen LogP contribution >= 0.6 is 0 Å². The minimum Gasteiger partial charge on any atom is -0.396 e. The Morgan fingerprint density at radius 2 is 2.18 bits per heavy atom. The van der Waals surface area contributed by atoms with E-state index < -0.39 is 0 Å². The molecule has 0 saturated heterocycles. The standard InChI is InChI=1S/C10H18O/c1-9(2)10(8-11)6-4-3-5-7-10/h3-4,9,11H,5-8H2,1-2H3. The molecule has 0 spiro atoms. The molecule has 0 aromatic rings. The molecular weight excluding hydrogens is 136 g/mol. The van der Waals surface area contributed by atoms with Crippen LogP contribution in [0.4, 0.5) is 0 Å². The predicted molar refractivity (Wildman–Crippen MR) is 47.3 cm³/mol. The monoisotopic (exact) mass is 154 g/mol. The molecule has 0 saturated carbocycles. The molecule has 0 radical (unpaired) electrons. The summed E-state index contributed by atoms with van der Waals surface area (Å²) in [6.45, 7) is 4.75. The molecule has 0 heterocycles. The van der Waals surface area contributed by atoms with Crippen LogP contribution in [-0.2, 0) is 0 Å². The molecular formula is C10H18O. The van der Waals surface area contributed by atoms with E-state index >= 15 is 0 Å². The van der Waals surface area contributed by atoms with E-state index in [1.807, 2.05) is 0 Å². The van der Waals surface area contributed by atoms with E-state index in [4.69, 9.17) is 0 Å². The lowest BCUT2D eigenvalue weighted by atomic mass is 9.70. The quantitative estimate of drug-likeness (QED) is 0.605. The lowest BCUT2D eigenvalue weighted by molar-refractivity contribution is 0.0665. The Bertz CT molecular complexity index is 149. The lowest BCUT2D eigenvalue weighted by Gasteiger charge is -2.36. The molecule has 0 aliphatic heterocycles. The minimum atomic E-state index is 0.189. The highest BCUT2D eigenvalue weighted by Gasteiger charge is 2.32. The van der Waals surface area contributed by atoms with Crippen LogP contribution in [0, 0.1) is 11.3 Å². The Morgan fingerprint density at radius 1 is 1.45 bits per heavy atom. The largest absolute Gasteiger partial charge is 0.396 e. The highest BCUT2D eigenvalue weighted by atomic mass is 16.3. The summed E-state index contributed by atoms with van der Waals surface area (Å²) in [4.78, 5) is 0. The van der Waals surface area contributed by atoms with E-state index in [2.05, 4.69) is 26.0 Å². The van der Waals surface area contributed by atoms with Crippen molar-refractivity contribution in [2.75, 3.05) is 6.61 Å². The number of aliphatic hydroxyl groups is 1. The fourth-order valence-corrected chi connectivity index (χ4v) is 1.76. The van der Waals surface area contributed by atoms with Crippen molar-refractivity contribution in [2.45, 2.75) is 33.1 Å². The van der Waals surface area contributed by atoms with Crippen molar-refractivity contribution in [3.8, 4) is 0 Å². The molecule has 0 aromatic heterocycles. The average molecular weight is 154 g/mol. The van der Waals surface area contributed by atoms with E-state index in [1.54, 1.807) is 0 Å². The minimum absolute atomic E-state index is 0.189. The lowest BCUT2D eigenvalue weighted by Crippen LogP contribution is -2.32. The van der Waals surface area contributed by atoms with Gasteiger partial charge in [0.15, 0.2) is 0 Å². The van der Waals surface area contributed by atoms with Crippen molar-refractivity contribution in [1.82, 2.24) is 0 Å². The zero-order valence-corrected chi connectivity index (χ0v) is 7.51. The Hall–Kier alpha value is -0.300. The molecule has 1 rings (SSSR count). The molecule has 1 aliphatic rings. The van der Waals surface area contributed by atoms with Gasteiger partial charge in [-0.15, -0.1) is 0 Å². The summed E-state index contributed by atoms with van der Waals surface area (Å²) in [5.41, 5.74) is 0.189. The number of aliphatic hydroxyl groups excluding tert-OH is 1. The second-order valence-electron chi connectivity index (χ2n) is 3.89. The van der Waals surface area contributed by atoms with Gasteiger partial charge in [-0.3, -0.25) is 0 Å². The third-order valence-corrected chi connectivity index (χ3v) is 3.04. The van der Waals surface area contributed by atoms with Gasteiger partial charge >= 0.3 is 0 Å². The van der Waals surface area contributed by atoms with Crippen molar-refractivity contribution in [3.63, 3.8) is 0 Å². The first-order valence-corrected chi connectivity index (χ1v) is 4.47. The Balaban J connectivity index is 2.67. The third kappa shape index (κ3) is 1.64. The number of hydrogen-bond donors (Lipinski definition) is 1. The summed E-state index contributed by atoms with van der Waals surface area (Å²) >= 11 is 0. The fraction of sp³-hybridized carbons (Fsp3) is 0.800. The van der Waals surface area contributed by atoms with Gasteiger partial charge in [0, 0.05) is 6.61 Å². The van der Waals surface area contributed by atoms with Gasteiger partial charge in [-0.2, -0.15) is 0 Å². The molecule has 64 valence electrons. The van der Waals surface area contributed by atoms with Crippen LogP contribution in [0.2, 0.25) is 0 Å². The first-order chi connectivity index (χ1) is 5.21. The van der Waals surface area contributed by atoms with E-state index in [0.29, 0.717) is 12.5 Å². The van der Waals surface area contributed by atoms with Gasteiger partial charge in [0.1, 0.15) is 0 Å². The summed E-state index contributed by atoms with van der Waals surface area (Å²) < 4.78 is 0. The van der Waals surface area contributed by atoms with E-state index in [9.17, 15) is 5.11 Å². The second kappa shape index (κ2) is 3.40. The summed E-state index contributed by atoms with van der Waals surface area (Å²) in [7, 11) is 0. The maximum absolute atomic E-state index is 9.28. The smallest absolute Gasteiger partial charge is 0.0492 e. The Labute approximate surface area is 69.1 Å². The number of hydrogen-bond acceptors (Lipinski definition) is 1. The van der Waals surface area contributed by atoms with Crippen LogP contribution in [0.3, 0.4) is 0 Å². The molecule has 1 unspecified atom stereocenters. The van der Waals surface area contributed by atoms with Crippen LogP contribution < -0.4 is 0 Å². The van der Waals surface area contributed by atoms with E-state index in [0.717, 1.165) is 19.3 Å². The van der Waals surface area contributed by atoms with Gasteiger partial charge in [0.05, 0.1) is 0 Å². The molecule has 1 aliphatic carbocycles. The van der Waals surface area contributed by atoms with Crippen LogP contribution in [0.15, 0.2) is 12.2 Å². The molecule has 1 nitrogen and oxygen atoms in total. The number of allylic oxidation sites excluding steroid dienone is 2.